The van der Waals surface area contributed by atoms with E-state index in [0.717, 1.165) is 42.3 Å². The lowest BCUT2D eigenvalue weighted by Gasteiger charge is -2.12. The van der Waals surface area contributed by atoms with E-state index in [1.165, 1.54) is 0 Å². The first kappa shape index (κ1) is 13.8. The lowest BCUT2D eigenvalue weighted by atomic mass is 10.2. The van der Waals surface area contributed by atoms with E-state index in [2.05, 4.69) is 15.6 Å². The third-order valence-corrected chi connectivity index (χ3v) is 3.95. The average Bonchev–Trinajstić information content (AvgIpc) is 3.08. The maximum atomic E-state index is 12.4. The maximum Gasteiger partial charge on any atom is 0.253 e. The van der Waals surface area contributed by atoms with Gasteiger partial charge in [-0.2, -0.15) is 0 Å². The normalized spacial score (nSPS) is 17.9. The summed E-state index contributed by atoms with van der Waals surface area (Å²) in [6, 6.07) is 7.95. The summed E-state index contributed by atoms with van der Waals surface area (Å²) >= 11 is 0. The zero-order valence-corrected chi connectivity index (χ0v) is 12.4. The van der Waals surface area contributed by atoms with E-state index in [1.807, 2.05) is 42.7 Å². The summed E-state index contributed by atoms with van der Waals surface area (Å²) in [6.07, 6.45) is 2.75. The van der Waals surface area contributed by atoms with Crippen LogP contribution in [-0.4, -0.2) is 34.6 Å². The Morgan fingerprint density at radius 1 is 1.43 bits per heavy atom. The van der Waals surface area contributed by atoms with E-state index in [1.54, 1.807) is 6.20 Å². The monoisotopic (exact) mass is 284 g/mol. The van der Waals surface area contributed by atoms with Gasteiger partial charge in [0, 0.05) is 30.2 Å². The highest BCUT2D eigenvalue weighted by molar-refractivity contribution is 5.96. The third kappa shape index (κ3) is 2.69. The van der Waals surface area contributed by atoms with Crippen LogP contribution >= 0.6 is 0 Å². The van der Waals surface area contributed by atoms with Crippen LogP contribution in [0.3, 0.4) is 0 Å². The van der Waals surface area contributed by atoms with E-state index in [4.69, 9.17) is 0 Å². The second-order valence-electron chi connectivity index (χ2n) is 5.47. The Hall–Kier alpha value is -2.14. The van der Waals surface area contributed by atoms with Gasteiger partial charge >= 0.3 is 0 Å². The number of carbonyl (C=O) groups excluding carboxylic acids is 1. The van der Waals surface area contributed by atoms with Crippen molar-refractivity contribution in [2.75, 3.05) is 13.1 Å². The fourth-order valence-corrected chi connectivity index (χ4v) is 2.87. The molecule has 1 atom stereocenters. The topological polar surface area (TPSA) is 59.0 Å². The summed E-state index contributed by atoms with van der Waals surface area (Å²) < 4.78 is 2.02. The maximum absolute atomic E-state index is 12.4. The van der Waals surface area contributed by atoms with Gasteiger partial charge in [0.15, 0.2) is 0 Å². The standard InChI is InChI=1S/C16H20N4O/c1-11-9-14(16(21)19-13-6-8-17-10-13)12(2)20(11)15-5-3-4-7-18-15/h3-5,7,9,13,17H,6,8,10H2,1-2H3,(H,19,21). The summed E-state index contributed by atoms with van der Waals surface area (Å²) in [7, 11) is 0. The van der Waals surface area contributed by atoms with Gasteiger partial charge in [0.25, 0.3) is 5.91 Å². The molecule has 1 aliphatic heterocycles. The molecule has 3 rings (SSSR count). The van der Waals surface area contributed by atoms with Gasteiger partial charge in [-0.15, -0.1) is 0 Å². The van der Waals surface area contributed by atoms with Gasteiger partial charge in [0.1, 0.15) is 5.82 Å². The molecule has 0 spiro atoms. The number of rotatable bonds is 3. The molecule has 2 aromatic heterocycles. The van der Waals surface area contributed by atoms with Crippen LogP contribution in [0.25, 0.3) is 5.82 Å². The van der Waals surface area contributed by atoms with Gasteiger partial charge in [0.2, 0.25) is 0 Å². The highest BCUT2D eigenvalue weighted by Crippen LogP contribution is 2.19. The summed E-state index contributed by atoms with van der Waals surface area (Å²) in [5, 5.41) is 6.35. The number of aryl methyl sites for hydroxylation is 1. The molecule has 3 heterocycles. The molecule has 2 aromatic rings. The van der Waals surface area contributed by atoms with Crippen molar-refractivity contribution >= 4 is 5.91 Å². The first-order chi connectivity index (χ1) is 10.2. The Morgan fingerprint density at radius 2 is 2.29 bits per heavy atom. The van der Waals surface area contributed by atoms with Crippen LogP contribution in [0, 0.1) is 13.8 Å². The Kier molecular flexibility index (Phi) is 3.75. The molecule has 1 aliphatic rings. The summed E-state index contributed by atoms with van der Waals surface area (Å²) in [4.78, 5) is 16.8. The molecule has 2 N–H and O–H groups in total. The van der Waals surface area contributed by atoms with E-state index in [9.17, 15) is 4.79 Å². The molecular weight excluding hydrogens is 264 g/mol. The fraction of sp³-hybridized carbons (Fsp3) is 0.375. The molecule has 0 bridgehead atoms. The van der Waals surface area contributed by atoms with Crippen molar-refractivity contribution in [1.82, 2.24) is 20.2 Å². The van der Waals surface area contributed by atoms with Gasteiger partial charge < -0.3 is 15.2 Å². The molecule has 1 amide bonds. The highest BCUT2D eigenvalue weighted by atomic mass is 16.1. The Labute approximate surface area is 124 Å². The van der Waals surface area contributed by atoms with Crippen LogP contribution in [-0.2, 0) is 0 Å². The molecule has 5 heteroatoms. The van der Waals surface area contributed by atoms with Crippen LogP contribution in [0.4, 0.5) is 0 Å². The first-order valence-electron chi connectivity index (χ1n) is 7.29. The van der Waals surface area contributed by atoms with Crippen molar-refractivity contribution in [1.29, 1.82) is 0 Å². The number of hydrogen-bond acceptors (Lipinski definition) is 3. The molecule has 5 nitrogen and oxygen atoms in total. The molecule has 1 saturated heterocycles. The third-order valence-electron chi connectivity index (χ3n) is 3.95. The van der Waals surface area contributed by atoms with E-state index >= 15 is 0 Å². The molecule has 0 aliphatic carbocycles. The number of hydrogen-bond donors (Lipinski definition) is 2. The number of aromatic nitrogens is 2. The van der Waals surface area contributed by atoms with Gasteiger partial charge in [-0.25, -0.2) is 4.98 Å². The predicted octanol–water partition coefficient (Wildman–Crippen LogP) is 1.58. The lowest BCUT2D eigenvalue weighted by Crippen LogP contribution is -2.36. The summed E-state index contributed by atoms with van der Waals surface area (Å²) in [5.74, 6) is 0.841. The van der Waals surface area contributed by atoms with Gasteiger partial charge in [-0.3, -0.25) is 4.79 Å². The Bertz CT molecular complexity index is 642. The van der Waals surface area contributed by atoms with Gasteiger partial charge in [-0.05, 0) is 45.0 Å². The van der Waals surface area contributed by atoms with Gasteiger partial charge in [-0.1, -0.05) is 6.07 Å². The quantitative estimate of drug-likeness (QED) is 0.899. The lowest BCUT2D eigenvalue weighted by molar-refractivity contribution is 0.0939. The van der Waals surface area contributed by atoms with Crippen molar-refractivity contribution < 1.29 is 4.79 Å². The van der Waals surface area contributed by atoms with Crippen LogP contribution in [0.2, 0.25) is 0 Å². The van der Waals surface area contributed by atoms with Gasteiger partial charge in [0.05, 0.1) is 5.56 Å². The van der Waals surface area contributed by atoms with Crippen LogP contribution in [0.5, 0.6) is 0 Å². The molecule has 0 radical (unpaired) electrons. The SMILES string of the molecule is Cc1cc(C(=O)NC2CCNC2)c(C)n1-c1ccccn1. The number of carbonyl (C=O) groups is 1. The minimum absolute atomic E-state index is 0.000943. The van der Waals surface area contributed by atoms with E-state index in [-0.39, 0.29) is 11.9 Å². The van der Waals surface area contributed by atoms with Crippen LogP contribution < -0.4 is 10.6 Å². The fourth-order valence-electron chi connectivity index (χ4n) is 2.87. The number of pyridine rings is 1. The zero-order valence-electron chi connectivity index (χ0n) is 12.4. The van der Waals surface area contributed by atoms with Crippen molar-refractivity contribution in [3.8, 4) is 5.82 Å². The minimum Gasteiger partial charge on any atom is -0.348 e. The second kappa shape index (κ2) is 5.69. The number of amides is 1. The molecule has 1 unspecified atom stereocenters. The molecule has 0 aromatic carbocycles. The highest BCUT2D eigenvalue weighted by Gasteiger charge is 2.21. The Morgan fingerprint density at radius 3 is 2.95 bits per heavy atom. The molecule has 0 saturated carbocycles. The second-order valence-corrected chi connectivity index (χ2v) is 5.47. The molecular formula is C16H20N4O. The predicted molar refractivity (Wildman–Crippen MR) is 81.8 cm³/mol. The Balaban J connectivity index is 1.89. The van der Waals surface area contributed by atoms with Crippen LogP contribution in [0.15, 0.2) is 30.5 Å². The van der Waals surface area contributed by atoms with Crippen molar-refractivity contribution in [3.05, 3.63) is 47.4 Å². The summed E-state index contributed by atoms with van der Waals surface area (Å²) in [6.45, 7) is 5.78. The zero-order chi connectivity index (χ0) is 14.8. The van der Waals surface area contributed by atoms with Crippen LogP contribution in [0.1, 0.15) is 28.2 Å². The number of nitrogens with zero attached hydrogens (tertiary/aromatic N) is 2. The average molecular weight is 284 g/mol. The minimum atomic E-state index is -0.000943. The van der Waals surface area contributed by atoms with Crippen molar-refractivity contribution in [3.63, 3.8) is 0 Å². The van der Waals surface area contributed by atoms with E-state index in [0.29, 0.717) is 0 Å². The molecule has 1 fully saturated rings. The van der Waals surface area contributed by atoms with Crippen molar-refractivity contribution in [2.45, 2.75) is 26.3 Å². The van der Waals surface area contributed by atoms with E-state index < -0.39 is 0 Å². The molecule has 21 heavy (non-hydrogen) atoms. The summed E-state index contributed by atoms with van der Waals surface area (Å²) in [5.41, 5.74) is 2.67. The largest absolute Gasteiger partial charge is 0.348 e. The van der Waals surface area contributed by atoms with Crippen molar-refractivity contribution in [2.24, 2.45) is 0 Å². The molecule has 110 valence electrons. The smallest absolute Gasteiger partial charge is 0.253 e. The first-order valence-corrected chi connectivity index (χ1v) is 7.29. The number of nitrogens with one attached hydrogen (secondary N) is 2.